The number of amides is 1. The van der Waals surface area contributed by atoms with Crippen molar-refractivity contribution in [1.82, 2.24) is 10.3 Å². The summed E-state index contributed by atoms with van der Waals surface area (Å²) >= 11 is 0. The van der Waals surface area contributed by atoms with Gasteiger partial charge in [-0.05, 0) is 31.1 Å². The minimum Gasteiger partial charge on any atom is -0.352 e. The fraction of sp³-hybridized carbons (Fsp3) is 0.333. The molecule has 1 aromatic heterocycles. The number of hydrogen-bond acceptors (Lipinski definition) is 2. The van der Waals surface area contributed by atoms with E-state index in [0.717, 1.165) is 17.7 Å². The van der Waals surface area contributed by atoms with Crippen LogP contribution in [0.5, 0.6) is 0 Å². The average Bonchev–Trinajstić information content (AvgIpc) is 2.21. The maximum Gasteiger partial charge on any atom is 0.243 e. The van der Waals surface area contributed by atoms with Gasteiger partial charge in [0.15, 0.2) is 0 Å². The van der Waals surface area contributed by atoms with E-state index < -0.39 is 0 Å². The number of carbonyl (C=O) groups is 1. The van der Waals surface area contributed by atoms with Crippen LogP contribution in [0.2, 0.25) is 0 Å². The lowest BCUT2D eigenvalue weighted by Crippen LogP contribution is -2.23. The van der Waals surface area contributed by atoms with E-state index in [-0.39, 0.29) is 5.91 Å². The van der Waals surface area contributed by atoms with Gasteiger partial charge in [0.05, 0.1) is 0 Å². The number of pyridine rings is 1. The largest absolute Gasteiger partial charge is 0.352 e. The van der Waals surface area contributed by atoms with Crippen LogP contribution >= 0.6 is 0 Å². The monoisotopic (exact) mass is 204 g/mol. The van der Waals surface area contributed by atoms with Gasteiger partial charge in [-0.25, -0.2) is 0 Å². The Morgan fingerprint density at radius 3 is 2.93 bits per heavy atom. The summed E-state index contributed by atoms with van der Waals surface area (Å²) in [6, 6.07) is 2.09. The highest BCUT2D eigenvalue weighted by molar-refractivity contribution is 5.86. The molecule has 1 N–H and O–H groups in total. The van der Waals surface area contributed by atoms with Crippen molar-refractivity contribution in [3.05, 3.63) is 41.7 Å². The van der Waals surface area contributed by atoms with Crippen LogP contribution in [0.3, 0.4) is 0 Å². The lowest BCUT2D eigenvalue weighted by Gasteiger charge is -2.06. The molecule has 1 amide bonds. The van der Waals surface area contributed by atoms with Gasteiger partial charge in [0.25, 0.3) is 0 Å². The van der Waals surface area contributed by atoms with Gasteiger partial charge >= 0.3 is 0 Å². The summed E-state index contributed by atoms with van der Waals surface area (Å²) in [5.74, 6) is -0.139. The van der Waals surface area contributed by atoms with Crippen LogP contribution < -0.4 is 5.32 Å². The first-order valence-electron chi connectivity index (χ1n) is 4.96. The minimum absolute atomic E-state index is 0.139. The molecular formula is C12H16N2O. The van der Waals surface area contributed by atoms with Gasteiger partial charge in [-0.3, -0.25) is 9.78 Å². The number of carbonyl (C=O) groups excluding carboxylic acids is 1. The fourth-order valence-electron chi connectivity index (χ4n) is 1.38. The zero-order valence-electron chi connectivity index (χ0n) is 9.21. The maximum atomic E-state index is 10.9. The molecule has 0 saturated carbocycles. The number of nitrogens with zero attached hydrogens (tertiary/aromatic N) is 1. The number of nitrogens with one attached hydrogen (secondary N) is 1. The first-order chi connectivity index (χ1) is 7.13. The van der Waals surface area contributed by atoms with Crippen molar-refractivity contribution in [1.29, 1.82) is 0 Å². The highest BCUT2D eigenvalue weighted by Gasteiger charge is 2.00. The summed E-state index contributed by atoms with van der Waals surface area (Å²) in [6.07, 6.45) is 3.87. The Morgan fingerprint density at radius 2 is 2.33 bits per heavy atom. The summed E-state index contributed by atoms with van der Waals surface area (Å²) in [7, 11) is 0. The van der Waals surface area contributed by atoms with E-state index in [9.17, 15) is 4.79 Å². The summed E-state index contributed by atoms with van der Waals surface area (Å²) < 4.78 is 0. The second-order valence-electron chi connectivity index (χ2n) is 3.52. The predicted octanol–water partition coefficient (Wildman–Crippen LogP) is 1.54. The third-order valence-electron chi connectivity index (χ3n) is 2.17. The normalized spacial score (nSPS) is 9.73. The van der Waals surface area contributed by atoms with Crippen LogP contribution in [0, 0.1) is 13.8 Å². The lowest BCUT2D eigenvalue weighted by atomic mass is 10.1. The van der Waals surface area contributed by atoms with Crippen LogP contribution in [0.25, 0.3) is 0 Å². The second kappa shape index (κ2) is 5.29. The van der Waals surface area contributed by atoms with Gasteiger partial charge in [-0.1, -0.05) is 12.6 Å². The Labute approximate surface area is 90.2 Å². The van der Waals surface area contributed by atoms with Crippen molar-refractivity contribution in [2.24, 2.45) is 0 Å². The number of aromatic nitrogens is 1. The molecule has 1 rings (SSSR count). The first-order valence-corrected chi connectivity index (χ1v) is 4.96. The zero-order chi connectivity index (χ0) is 11.3. The molecule has 80 valence electrons. The van der Waals surface area contributed by atoms with E-state index in [1.54, 1.807) is 0 Å². The molecule has 0 aromatic carbocycles. The molecule has 0 atom stereocenters. The third-order valence-corrected chi connectivity index (χ3v) is 2.17. The average molecular weight is 204 g/mol. The Kier molecular flexibility index (Phi) is 4.03. The van der Waals surface area contributed by atoms with E-state index in [4.69, 9.17) is 0 Å². The summed E-state index contributed by atoms with van der Waals surface area (Å²) in [6.45, 7) is 8.04. The number of aryl methyl sites for hydroxylation is 2. The van der Waals surface area contributed by atoms with Gasteiger partial charge in [0.2, 0.25) is 5.91 Å². The molecular weight excluding hydrogens is 188 g/mol. The second-order valence-corrected chi connectivity index (χ2v) is 3.52. The first kappa shape index (κ1) is 11.4. The number of hydrogen-bond donors (Lipinski definition) is 1. The molecule has 0 bridgehead atoms. The molecule has 0 saturated heterocycles. The van der Waals surface area contributed by atoms with Crippen molar-refractivity contribution in [3.63, 3.8) is 0 Å². The van der Waals surface area contributed by atoms with Crippen LogP contribution in [0.15, 0.2) is 24.9 Å². The Hall–Kier alpha value is -1.64. The molecule has 0 aliphatic rings. The topological polar surface area (TPSA) is 42.0 Å². The zero-order valence-corrected chi connectivity index (χ0v) is 9.21. The maximum absolute atomic E-state index is 10.9. The lowest BCUT2D eigenvalue weighted by molar-refractivity contribution is -0.116. The number of rotatable bonds is 4. The molecule has 1 heterocycles. The molecule has 0 aliphatic carbocycles. The quantitative estimate of drug-likeness (QED) is 0.756. The highest BCUT2D eigenvalue weighted by Crippen LogP contribution is 2.06. The van der Waals surface area contributed by atoms with E-state index >= 15 is 0 Å². The molecule has 0 unspecified atom stereocenters. The van der Waals surface area contributed by atoms with Gasteiger partial charge in [-0.2, -0.15) is 0 Å². The Balaban J connectivity index is 2.51. The molecule has 0 spiro atoms. The molecule has 0 fully saturated rings. The molecule has 3 nitrogen and oxygen atoms in total. The van der Waals surface area contributed by atoms with Crippen LogP contribution in [-0.4, -0.2) is 17.4 Å². The summed E-state index contributed by atoms with van der Waals surface area (Å²) in [5.41, 5.74) is 3.36. The fourth-order valence-corrected chi connectivity index (χ4v) is 1.38. The Bertz CT molecular complexity index is 372. The van der Waals surface area contributed by atoms with Crippen molar-refractivity contribution < 1.29 is 4.79 Å². The van der Waals surface area contributed by atoms with Crippen LogP contribution in [-0.2, 0) is 11.2 Å². The predicted molar refractivity (Wildman–Crippen MR) is 60.6 cm³/mol. The third kappa shape index (κ3) is 3.54. The SMILES string of the molecule is C=CC(=O)NCCc1ncc(C)cc1C. The smallest absolute Gasteiger partial charge is 0.243 e. The van der Waals surface area contributed by atoms with E-state index in [2.05, 4.69) is 22.9 Å². The molecule has 15 heavy (non-hydrogen) atoms. The van der Waals surface area contributed by atoms with Gasteiger partial charge in [0.1, 0.15) is 0 Å². The minimum atomic E-state index is -0.139. The van der Waals surface area contributed by atoms with Gasteiger partial charge in [0, 0.05) is 24.9 Å². The molecule has 0 radical (unpaired) electrons. The van der Waals surface area contributed by atoms with Gasteiger partial charge in [-0.15, -0.1) is 0 Å². The summed E-state index contributed by atoms with van der Waals surface area (Å²) in [4.78, 5) is 15.2. The standard InChI is InChI=1S/C12H16N2O/c1-4-12(15)13-6-5-11-10(3)7-9(2)8-14-11/h4,7-8H,1,5-6H2,2-3H3,(H,13,15). The van der Waals surface area contributed by atoms with E-state index in [1.807, 2.05) is 20.0 Å². The van der Waals surface area contributed by atoms with Crippen molar-refractivity contribution in [2.75, 3.05) is 6.54 Å². The van der Waals surface area contributed by atoms with Crippen LogP contribution in [0.1, 0.15) is 16.8 Å². The molecule has 0 aliphatic heterocycles. The summed E-state index contributed by atoms with van der Waals surface area (Å²) in [5, 5.41) is 2.73. The Morgan fingerprint density at radius 1 is 1.60 bits per heavy atom. The van der Waals surface area contributed by atoms with Crippen molar-refractivity contribution in [2.45, 2.75) is 20.3 Å². The van der Waals surface area contributed by atoms with Crippen molar-refractivity contribution >= 4 is 5.91 Å². The highest BCUT2D eigenvalue weighted by atomic mass is 16.1. The van der Waals surface area contributed by atoms with E-state index in [0.29, 0.717) is 6.54 Å². The van der Waals surface area contributed by atoms with Crippen molar-refractivity contribution in [3.8, 4) is 0 Å². The van der Waals surface area contributed by atoms with E-state index in [1.165, 1.54) is 11.6 Å². The van der Waals surface area contributed by atoms with Gasteiger partial charge < -0.3 is 5.32 Å². The molecule has 1 aromatic rings. The van der Waals surface area contributed by atoms with Crippen LogP contribution in [0.4, 0.5) is 0 Å². The molecule has 3 heteroatoms.